The number of allylic oxidation sites excluding steroid dienone is 1. The molecule has 0 amide bonds. The fourth-order valence-corrected chi connectivity index (χ4v) is 0.697. The predicted molar refractivity (Wildman–Crippen MR) is 36.3 cm³/mol. The Bertz CT molecular complexity index is 274. The van der Waals surface area contributed by atoms with Gasteiger partial charge in [-0.1, -0.05) is 6.08 Å². The van der Waals surface area contributed by atoms with Gasteiger partial charge in [-0.15, -0.1) is 6.58 Å². The number of aromatic amines is 1. The van der Waals surface area contributed by atoms with Crippen LogP contribution in [0.25, 0.3) is 0 Å². The van der Waals surface area contributed by atoms with Crippen LogP contribution in [0.15, 0.2) is 12.7 Å². The van der Waals surface area contributed by atoms with E-state index >= 15 is 0 Å². The molecule has 12 heavy (non-hydrogen) atoms. The number of rotatable bonds is 2. The molecule has 0 spiro atoms. The Morgan fingerprint density at radius 3 is 2.67 bits per heavy atom. The van der Waals surface area contributed by atoms with Crippen LogP contribution >= 0.6 is 0 Å². The maximum atomic E-state index is 11.9. The third-order valence-corrected chi connectivity index (χ3v) is 1.19. The minimum Gasteiger partial charge on any atom is -0.281 e. The monoisotopic (exact) mass is 175 g/mol. The molecule has 0 aliphatic heterocycles. The van der Waals surface area contributed by atoms with Gasteiger partial charge in [0.25, 0.3) is 0 Å². The molecule has 0 saturated heterocycles. The van der Waals surface area contributed by atoms with Crippen molar-refractivity contribution in [1.82, 2.24) is 10.2 Å². The zero-order valence-electron chi connectivity index (χ0n) is 6.07. The number of halogens is 3. The average molecular weight is 175 g/mol. The van der Waals surface area contributed by atoms with Gasteiger partial charge in [0, 0.05) is 18.2 Å². The fourth-order valence-electron chi connectivity index (χ4n) is 0.697. The highest BCUT2D eigenvalue weighted by Crippen LogP contribution is 2.27. The van der Waals surface area contributed by atoms with Gasteiger partial charge in [-0.05, 0) is 0 Å². The van der Waals surface area contributed by atoms with Crippen molar-refractivity contribution < 1.29 is 13.2 Å². The summed E-state index contributed by atoms with van der Waals surface area (Å²) in [5, 5.41) is 5.27. The molecule has 1 rings (SSSR count). The molecular weight excluding hydrogens is 169 g/mol. The highest BCUT2D eigenvalue weighted by Gasteiger charge is 2.33. The van der Waals surface area contributed by atoms with Gasteiger partial charge in [0.05, 0.1) is 0 Å². The molecule has 1 N–H and O–H groups in total. The van der Waals surface area contributed by atoms with Crippen molar-refractivity contribution in [3.8, 4) is 0 Å². The van der Waals surface area contributed by atoms with E-state index in [1.165, 1.54) is 6.08 Å². The molecule has 0 bridgehead atoms. The first-order chi connectivity index (χ1) is 5.54. The fraction of sp³-hybridized carbons (Fsp3) is 0.286. The van der Waals surface area contributed by atoms with Crippen molar-refractivity contribution in [3.63, 3.8) is 0 Å². The van der Waals surface area contributed by atoms with Gasteiger partial charge < -0.3 is 0 Å². The Labute approximate surface area is 67.1 Å². The molecule has 0 atom stereocenters. The molecule has 2 nitrogen and oxygen atoms in total. The van der Waals surface area contributed by atoms with Gasteiger partial charge in [0.1, 0.15) is 0 Å². The topological polar surface area (TPSA) is 28.7 Å². The van der Waals surface area contributed by atoms with Crippen molar-refractivity contribution in [1.29, 1.82) is 0 Å². The van der Waals surface area contributed by atoms with Crippen LogP contribution in [0.1, 0.15) is 11.4 Å². The van der Waals surface area contributed by atoms with E-state index < -0.39 is 11.9 Å². The minimum absolute atomic E-state index is 0.289. The Kier molecular flexibility index (Phi) is 2.21. The summed E-state index contributed by atoms with van der Waals surface area (Å²) >= 11 is 0. The molecule has 1 heterocycles. The number of H-pyrrole nitrogens is 1. The highest BCUT2D eigenvalue weighted by atomic mass is 19.4. The van der Waals surface area contributed by atoms with Crippen molar-refractivity contribution >= 4 is 0 Å². The van der Waals surface area contributed by atoms with Gasteiger partial charge in [0.2, 0.25) is 0 Å². The van der Waals surface area contributed by atoms with Gasteiger partial charge >= 0.3 is 6.18 Å². The molecule has 0 aromatic carbocycles. The lowest BCUT2D eigenvalue weighted by molar-refractivity contribution is -0.141. The molecular formula is C7H6F3N2. The summed E-state index contributed by atoms with van der Waals surface area (Å²) in [6.07, 6.45) is -2.64. The van der Waals surface area contributed by atoms with Crippen LogP contribution in [0, 0.1) is 6.07 Å². The standard InChI is InChI=1S/C7H6F3N2/c1-2-3-5-4-6(12-11-5)7(8,9)10/h2H,1,3H2,(H,11,12). The summed E-state index contributed by atoms with van der Waals surface area (Å²) in [5.74, 6) is 0. The SMILES string of the molecule is C=CCc1[c]c(C(F)(F)F)n[nH]1. The number of hydrogen-bond donors (Lipinski definition) is 1. The maximum absolute atomic E-state index is 11.9. The third-order valence-electron chi connectivity index (χ3n) is 1.19. The first kappa shape index (κ1) is 8.83. The number of aromatic nitrogens is 2. The van der Waals surface area contributed by atoms with Crippen LogP contribution in [0.2, 0.25) is 0 Å². The van der Waals surface area contributed by atoms with E-state index in [9.17, 15) is 13.2 Å². The Morgan fingerprint density at radius 1 is 1.58 bits per heavy atom. The third kappa shape index (κ3) is 1.87. The highest BCUT2D eigenvalue weighted by molar-refractivity contribution is 5.11. The molecule has 5 heteroatoms. The molecule has 0 aliphatic carbocycles. The van der Waals surface area contributed by atoms with E-state index in [0.717, 1.165) is 0 Å². The minimum atomic E-state index is -4.42. The molecule has 0 fully saturated rings. The number of nitrogens with zero attached hydrogens (tertiary/aromatic N) is 1. The summed E-state index contributed by atoms with van der Waals surface area (Å²) < 4.78 is 35.7. The average Bonchev–Trinajstić information content (AvgIpc) is 2.35. The summed E-state index contributed by atoms with van der Waals surface area (Å²) in [4.78, 5) is 0. The number of hydrogen-bond acceptors (Lipinski definition) is 1. The number of alkyl halides is 3. The van der Waals surface area contributed by atoms with Crippen LogP contribution < -0.4 is 0 Å². The van der Waals surface area contributed by atoms with Gasteiger partial charge in [-0.25, -0.2) is 0 Å². The van der Waals surface area contributed by atoms with Gasteiger partial charge in [-0.2, -0.15) is 18.3 Å². The zero-order valence-corrected chi connectivity index (χ0v) is 6.07. The zero-order chi connectivity index (χ0) is 9.19. The molecule has 0 saturated carbocycles. The second-order valence-corrected chi connectivity index (χ2v) is 2.17. The van der Waals surface area contributed by atoms with Crippen LogP contribution in [0.4, 0.5) is 13.2 Å². The van der Waals surface area contributed by atoms with Crippen LogP contribution in [0.3, 0.4) is 0 Å². The van der Waals surface area contributed by atoms with Gasteiger partial charge in [0.15, 0.2) is 5.69 Å². The Hall–Kier alpha value is -1.26. The quantitative estimate of drug-likeness (QED) is 0.684. The summed E-state index contributed by atoms with van der Waals surface area (Å²) in [7, 11) is 0. The van der Waals surface area contributed by atoms with Crippen LogP contribution in [0.5, 0.6) is 0 Å². The smallest absolute Gasteiger partial charge is 0.281 e. The lowest BCUT2D eigenvalue weighted by Gasteiger charge is -1.97. The summed E-state index contributed by atoms with van der Waals surface area (Å²) in [6, 6.07) is 2.09. The van der Waals surface area contributed by atoms with Crippen LogP contribution in [-0.2, 0) is 12.6 Å². The number of nitrogens with one attached hydrogen (secondary N) is 1. The van der Waals surface area contributed by atoms with Crippen molar-refractivity contribution in [2.24, 2.45) is 0 Å². The summed E-state index contributed by atoms with van der Waals surface area (Å²) in [6.45, 7) is 3.38. The van der Waals surface area contributed by atoms with E-state index in [-0.39, 0.29) is 5.69 Å². The second kappa shape index (κ2) is 3.00. The normalized spacial score (nSPS) is 11.6. The largest absolute Gasteiger partial charge is 0.435 e. The molecule has 1 radical (unpaired) electrons. The lowest BCUT2D eigenvalue weighted by Crippen LogP contribution is -2.05. The lowest BCUT2D eigenvalue weighted by atomic mass is 10.3. The Balaban J connectivity index is 2.84. The predicted octanol–water partition coefficient (Wildman–Crippen LogP) is 1.96. The first-order valence-electron chi connectivity index (χ1n) is 3.18. The second-order valence-electron chi connectivity index (χ2n) is 2.17. The van der Waals surface area contributed by atoms with Crippen molar-refractivity contribution in [2.75, 3.05) is 0 Å². The first-order valence-corrected chi connectivity index (χ1v) is 3.18. The van der Waals surface area contributed by atoms with Crippen LogP contribution in [-0.4, -0.2) is 10.2 Å². The van der Waals surface area contributed by atoms with Crippen molar-refractivity contribution in [3.05, 3.63) is 30.1 Å². The van der Waals surface area contributed by atoms with E-state index in [2.05, 4.69) is 22.8 Å². The molecule has 1 aromatic rings. The Morgan fingerprint density at radius 2 is 2.25 bits per heavy atom. The van der Waals surface area contributed by atoms with E-state index in [1.54, 1.807) is 0 Å². The van der Waals surface area contributed by atoms with E-state index in [1.807, 2.05) is 0 Å². The van der Waals surface area contributed by atoms with Crippen molar-refractivity contribution in [2.45, 2.75) is 12.6 Å². The van der Waals surface area contributed by atoms with E-state index in [0.29, 0.717) is 6.42 Å². The van der Waals surface area contributed by atoms with Gasteiger partial charge in [-0.3, -0.25) is 5.10 Å². The molecule has 0 aliphatic rings. The molecule has 0 unspecified atom stereocenters. The summed E-state index contributed by atoms with van der Waals surface area (Å²) in [5.41, 5.74) is -0.725. The maximum Gasteiger partial charge on any atom is 0.435 e. The molecule has 1 aromatic heterocycles. The van der Waals surface area contributed by atoms with E-state index in [4.69, 9.17) is 0 Å². The molecule has 65 valence electrons.